The van der Waals surface area contributed by atoms with Crippen LogP contribution < -0.4 is 15.4 Å². The topological polar surface area (TPSA) is 70.6 Å². The fourth-order valence-corrected chi connectivity index (χ4v) is 1.35. The molecule has 15 heavy (non-hydrogen) atoms. The minimum atomic E-state index is -0.979. The van der Waals surface area contributed by atoms with E-state index in [9.17, 15) is 4.79 Å². The summed E-state index contributed by atoms with van der Waals surface area (Å²) in [6.07, 6.45) is 0. The van der Waals surface area contributed by atoms with E-state index in [1.165, 1.54) is 13.2 Å². The van der Waals surface area contributed by atoms with Gasteiger partial charge in [0.2, 0.25) is 0 Å². The normalized spacial score (nSPS) is 9.53. The van der Waals surface area contributed by atoms with Crippen LogP contribution in [0.15, 0.2) is 12.1 Å². The fraction of sp³-hybridized carbons (Fsp3) is 0.300. The molecule has 0 spiro atoms. The van der Waals surface area contributed by atoms with Gasteiger partial charge in [0.25, 0.3) is 0 Å². The molecule has 0 atom stereocenters. The lowest BCUT2D eigenvalue weighted by Gasteiger charge is -2.14. The third kappa shape index (κ3) is 2.12. The third-order valence-corrected chi connectivity index (χ3v) is 2.09. The molecule has 0 fully saturated rings. The second-order valence-electron chi connectivity index (χ2n) is 2.91. The van der Waals surface area contributed by atoms with Crippen molar-refractivity contribution in [3.05, 3.63) is 17.7 Å². The highest BCUT2D eigenvalue weighted by Gasteiger charge is 2.12. The van der Waals surface area contributed by atoms with Crippen molar-refractivity contribution in [2.45, 2.75) is 0 Å². The van der Waals surface area contributed by atoms with Gasteiger partial charge < -0.3 is 20.5 Å². The number of nitrogens with one attached hydrogen (secondary N) is 2. The highest BCUT2D eigenvalue weighted by atomic mass is 16.5. The van der Waals surface area contributed by atoms with Crippen molar-refractivity contribution in [3.8, 4) is 5.75 Å². The van der Waals surface area contributed by atoms with Crippen molar-refractivity contribution in [2.24, 2.45) is 0 Å². The summed E-state index contributed by atoms with van der Waals surface area (Å²) in [5.41, 5.74) is 1.62. The van der Waals surface area contributed by atoms with Crippen LogP contribution in [0.5, 0.6) is 5.75 Å². The Bertz CT molecular complexity index is 352. The maximum atomic E-state index is 10.8. The first-order valence-corrected chi connectivity index (χ1v) is 4.44. The van der Waals surface area contributed by atoms with Crippen LogP contribution in [0, 0.1) is 0 Å². The summed E-state index contributed by atoms with van der Waals surface area (Å²) in [7, 11) is 4.97. The molecule has 1 aromatic carbocycles. The quantitative estimate of drug-likeness (QED) is 0.702. The number of carbonyl (C=O) groups is 1. The zero-order valence-electron chi connectivity index (χ0n) is 8.92. The molecule has 82 valence electrons. The zero-order valence-corrected chi connectivity index (χ0v) is 8.92. The van der Waals surface area contributed by atoms with Crippen molar-refractivity contribution in [1.82, 2.24) is 0 Å². The summed E-state index contributed by atoms with van der Waals surface area (Å²) in [5, 5.41) is 14.7. The summed E-state index contributed by atoms with van der Waals surface area (Å²) >= 11 is 0. The van der Waals surface area contributed by atoms with Gasteiger partial charge >= 0.3 is 5.97 Å². The number of ether oxygens (including phenoxy) is 1. The number of benzene rings is 1. The van der Waals surface area contributed by atoms with Crippen LogP contribution in [0.3, 0.4) is 0 Å². The molecule has 0 saturated heterocycles. The Hall–Kier alpha value is -1.91. The standard InChI is InChI=1S/C10H14N2O3/c1-11-7-4-6(10(13)14)5-8(15-3)9(7)12-2/h4-5,11-12H,1-3H3,(H,13,14). The minimum Gasteiger partial charge on any atom is -0.494 e. The predicted octanol–water partition coefficient (Wildman–Crippen LogP) is 1.48. The zero-order chi connectivity index (χ0) is 11.4. The van der Waals surface area contributed by atoms with Gasteiger partial charge in [-0.05, 0) is 12.1 Å². The summed E-state index contributed by atoms with van der Waals surface area (Å²) < 4.78 is 5.10. The third-order valence-electron chi connectivity index (χ3n) is 2.09. The van der Waals surface area contributed by atoms with E-state index < -0.39 is 5.97 Å². The van der Waals surface area contributed by atoms with E-state index in [4.69, 9.17) is 9.84 Å². The number of carboxylic acids is 1. The average Bonchev–Trinajstić information content (AvgIpc) is 2.26. The Kier molecular flexibility index (Phi) is 3.38. The van der Waals surface area contributed by atoms with E-state index in [2.05, 4.69) is 10.6 Å². The van der Waals surface area contributed by atoms with Crippen molar-refractivity contribution >= 4 is 17.3 Å². The number of carboxylic acid groups (broad SMARTS) is 1. The molecule has 0 aliphatic rings. The van der Waals surface area contributed by atoms with E-state index in [0.717, 1.165) is 5.69 Å². The lowest BCUT2D eigenvalue weighted by molar-refractivity contribution is 0.0696. The van der Waals surface area contributed by atoms with Gasteiger partial charge in [0, 0.05) is 14.1 Å². The molecule has 0 radical (unpaired) electrons. The van der Waals surface area contributed by atoms with Gasteiger partial charge in [-0.2, -0.15) is 0 Å². The Morgan fingerprint density at radius 1 is 1.33 bits per heavy atom. The Labute approximate surface area is 88.1 Å². The number of hydrogen-bond donors (Lipinski definition) is 3. The second kappa shape index (κ2) is 4.54. The molecular weight excluding hydrogens is 196 g/mol. The summed E-state index contributed by atoms with van der Waals surface area (Å²) in [6, 6.07) is 3.03. The number of rotatable bonds is 4. The molecule has 5 heteroatoms. The van der Waals surface area contributed by atoms with Crippen molar-refractivity contribution < 1.29 is 14.6 Å². The van der Waals surface area contributed by atoms with Crippen LogP contribution in [0.1, 0.15) is 10.4 Å². The molecule has 0 bridgehead atoms. The van der Waals surface area contributed by atoms with Crippen LogP contribution in [0.2, 0.25) is 0 Å². The number of hydrogen-bond acceptors (Lipinski definition) is 4. The monoisotopic (exact) mass is 210 g/mol. The molecule has 0 heterocycles. The van der Waals surface area contributed by atoms with E-state index in [1.54, 1.807) is 20.2 Å². The van der Waals surface area contributed by atoms with Gasteiger partial charge in [0.1, 0.15) is 11.4 Å². The van der Waals surface area contributed by atoms with Crippen LogP contribution in [0.25, 0.3) is 0 Å². The van der Waals surface area contributed by atoms with Gasteiger partial charge in [-0.15, -0.1) is 0 Å². The molecule has 1 aromatic rings. The molecule has 0 amide bonds. The highest BCUT2D eigenvalue weighted by molar-refractivity contribution is 5.92. The molecule has 1 rings (SSSR count). The fourth-order valence-electron chi connectivity index (χ4n) is 1.35. The second-order valence-corrected chi connectivity index (χ2v) is 2.91. The average molecular weight is 210 g/mol. The van der Waals surface area contributed by atoms with Crippen molar-refractivity contribution in [3.63, 3.8) is 0 Å². The van der Waals surface area contributed by atoms with Gasteiger partial charge in [-0.3, -0.25) is 0 Å². The molecule has 0 aliphatic heterocycles. The SMILES string of the molecule is CNc1cc(C(=O)O)cc(OC)c1NC. The molecule has 3 N–H and O–H groups in total. The van der Waals surface area contributed by atoms with Crippen LogP contribution >= 0.6 is 0 Å². The lowest BCUT2D eigenvalue weighted by atomic mass is 10.1. The molecule has 5 nitrogen and oxygen atoms in total. The number of aromatic carboxylic acids is 1. The maximum absolute atomic E-state index is 10.8. The van der Waals surface area contributed by atoms with Gasteiger partial charge in [-0.25, -0.2) is 4.79 Å². The van der Waals surface area contributed by atoms with E-state index in [1.807, 2.05) is 0 Å². The summed E-state index contributed by atoms with van der Waals surface area (Å²) in [6.45, 7) is 0. The highest BCUT2D eigenvalue weighted by Crippen LogP contribution is 2.33. The van der Waals surface area contributed by atoms with E-state index in [0.29, 0.717) is 11.4 Å². The number of methoxy groups -OCH3 is 1. The Balaban J connectivity index is 3.35. The van der Waals surface area contributed by atoms with Gasteiger partial charge in [-0.1, -0.05) is 0 Å². The Morgan fingerprint density at radius 3 is 2.40 bits per heavy atom. The number of anilines is 2. The first-order chi connectivity index (χ1) is 7.13. The van der Waals surface area contributed by atoms with E-state index in [-0.39, 0.29) is 5.56 Å². The first-order valence-electron chi connectivity index (χ1n) is 4.44. The van der Waals surface area contributed by atoms with Crippen LogP contribution in [-0.2, 0) is 0 Å². The maximum Gasteiger partial charge on any atom is 0.335 e. The minimum absolute atomic E-state index is 0.190. The van der Waals surface area contributed by atoms with Gasteiger partial charge in [0.15, 0.2) is 0 Å². The summed E-state index contributed by atoms with van der Waals surface area (Å²) in [4.78, 5) is 10.8. The summed E-state index contributed by atoms with van der Waals surface area (Å²) in [5.74, 6) is -0.478. The molecule has 0 unspecified atom stereocenters. The van der Waals surface area contributed by atoms with Crippen molar-refractivity contribution in [1.29, 1.82) is 0 Å². The van der Waals surface area contributed by atoms with Crippen molar-refractivity contribution in [2.75, 3.05) is 31.8 Å². The Morgan fingerprint density at radius 2 is 2.00 bits per heavy atom. The molecular formula is C10H14N2O3. The molecule has 0 aromatic heterocycles. The smallest absolute Gasteiger partial charge is 0.335 e. The van der Waals surface area contributed by atoms with Crippen LogP contribution in [-0.4, -0.2) is 32.3 Å². The van der Waals surface area contributed by atoms with Gasteiger partial charge in [0.05, 0.1) is 18.4 Å². The van der Waals surface area contributed by atoms with Crippen LogP contribution in [0.4, 0.5) is 11.4 Å². The lowest BCUT2D eigenvalue weighted by Crippen LogP contribution is -2.04. The predicted molar refractivity (Wildman–Crippen MR) is 59.0 cm³/mol. The first kappa shape index (κ1) is 11.2. The molecule has 0 aliphatic carbocycles. The van der Waals surface area contributed by atoms with E-state index >= 15 is 0 Å². The molecule has 0 saturated carbocycles. The largest absolute Gasteiger partial charge is 0.494 e.